The van der Waals surface area contributed by atoms with Crippen molar-refractivity contribution in [2.75, 3.05) is 14.2 Å². The Kier molecular flexibility index (Phi) is 4.61. The first-order valence-electron chi connectivity index (χ1n) is 7.11. The predicted molar refractivity (Wildman–Crippen MR) is 81.9 cm³/mol. The third-order valence-corrected chi connectivity index (χ3v) is 7.98. The Morgan fingerprint density at radius 3 is 1.63 bits per heavy atom. The number of hydrogen-bond acceptors (Lipinski definition) is 2. The Hall–Kier alpha value is -0.903. The van der Waals surface area contributed by atoms with Crippen molar-refractivity contribution in [3.63, 3.8) is 0 Å². The van der Waals surface area contributed by atoms with Crippen LogP contribution < -0.4 is 0 Å². The first kappa shape index (κ1) is 14.5. The minimum atomic E-state index is -2.41. The van der Waals surface area contributed by atoms with E-state index in [1.165, 1.54) is 21.5 Å². The van der Waals surface area contributed by atoms with E-state index in [1.807, 2.05) is 14.2 Å². The lowest BCUT2D eigenvalue weighted by molar-refractivity contribution is 0.260. The number of allylic oxidation sites excluding steroid dienone is 8. The summed E-state index contributed by atoms with van der Waals surface area (Å²) in [6, 6.07) is 0. The quantitative estimate of drug-likeness (QED) is 0.679. The third kappa shape index (κ3) is 2.31. The lowest BCUT2D eigenvalue weighted by atomic mass is 10.2. The van der Waals surface area contributed by atoms with Crippen LogP contribution in [0.25, 0.3) is 0 Å². The van der Waals surface area contributed by atoms with Crippen molar-refractivity contribution in [2.45, 2.75) is 39.5 Å². The molecule has 0 aromatic carbocycles. The average Bonchev–Trinajstić information content (AvgIpc) is 3.10. The van der Waals surface area contributed by atoms with Crippen molar-refractivity contribution in [3.05, 3.63) is 45.8 Å². The largest absolute Gasteiger partial charge is 0.399 e. The summed E-state index contributed by atoms with van der Waals surface area (Å²) in [4.78, 5) is 0. The van der Waals surface area contributed by atoms with Crippen molar-refractivity contribution >= 4 is 8.56 Å². The Morgan fingerprint density at radius 2 is 1.32 bits per heavy atom. The fourth-order valence-corrected chi connectivity index (χ4v) is 6.87. The molecule has 0 atom stereocenters. The van der Waals surface area contributed by atoms with Crippen LogP contribution in [0.2, 0.25) is 0 Å². The lowest BCUT2D eigenvalue weighted by Crippen LogP contribution is -2.46. The van der Waals surface area contributed by atoms with E-state index in [9.17, 15) is 0 Å². The molecule has 0 bridgehead atoms. The van der Waals surface area contributed by atoms with E-state index in [1.54, 1.807) is 0 Å². The lowest BCUT2D eigenvalue weighted by Gasteiger charge is -2.32. The standard InChI is InChI=1S/C16H24O2Si/c1-5-13-9-7-11-15(13)19(17-3,18-4)16-12-8-10-14(16)6-2/h7-10H,5-6,11-12H2,1-4H3. The van der Waals surface area contributed by atoms with Gasteiger partial charge in [-0.1, -0.05) is 38.2 Å². The summed E-state index contributed by atoms with van der Waals surface area (Å²) in [7, 11) is 1.21. The molecule has 0 aromatic rings. The van der Waals surface area contributed by atoms with Gasteiger partial charge >= 0.3 is 8.56 Å². The van der Waals surface area contributed by atoms with Crippen LogP contribution in [-0.2, 0) is 8.85 Å². The Labute approximate surface area is 117 Å². The van der Waals surface area contributed by atoms with Gasteiger partial charge in [0.25, 0.3) is 0 Å². The molecule has 2 nitrogen and oxygen atoms in total. The molecule has 2 aliphatic rings. The molecule has 0 spiro atoms. The molecule has 0 unspecified atom stereocenters. The van der Waals surface area contributed by atoms with Gasteiger partial charge in [-0.3, -0.25) is 0 Å². The molecule has 0 saturated heterocycles. The zero-order valence-electron chi connectivity index (χ0n) is 12.5. The van der Waals surface area contributed by atoms with E-state index in [0.717, 1.165) is 25.7 Å². The van der Waals surface area contributed by atoms with Gasteiger partial charge in [0.2, 0.25) is 0 Å². The highest BCUT2D eigenvalue weighted by Gasteiger charge is 2.47. The minimum Gasteiger partial charge on any atom is -0.391 e. The van der Waals surface area contributed by atoms with Crippen molar-refractivity contribution in [3.8, 4) is 0 Å². The van der Waals surface area contributed by atoms with Crippen molar-refractivity contribution < 1.29 is 8.85 Å². The van der Waals surface area contributed by atoms with Crippen molar-refractivity contribution in [1.82, 2.24) is 0 Å². The van der Waals surface area contributed by atoms with Gasteiger partial charge in [-0.25, -0.2) is 0 Å². The maximum Gasteiger partial charge on any atom is 0.399 e. The second-order valence-electron chi connectivity index (χ2n) is 4.95. The summed E-state index contributed by atoms with van der Waals surface area (Å²) < 4.78 is 12.1. The van der Waals surface area contributed by atoms with Crippen LogP contribution in [0.15, 0.2) is 45.8 Å². The highest BCUT2D eigenvalue weighted by molar-refractivity contribution is 6.82. The van der Waals surface area contributed by atoms with E-state index in [0.29, 0.717) is 0 Å². The summed E-state index contributed by atoms with van der Waals surface area (Å²) in [6.45, 7) is 4.41. The van der Waals surface area contributed by atoms with E-state index < -0.39 is 8.56 Å². The molecule has 19 heavy (non-hydrogen) atoms. The third-order valence-electron chi connectivity index (χ3n) is 4.19. The van der Waals surface area contributed by atoms with Crippen LogP contribution >= 0.6 is 0 Å². The molecule has 0 amide bonds. The van der Waals surface area contributed by atoms with Gasteiger partial charge in [0.15, 0.2) is 0 Å². The van der Waals surface area contributed by atoms with E-state index in [2.05, 4.69) is 38.2 Å². The minimum absolute atomic E-state index is 0.984. The maximum absolute atomic E-state index is 6.04. The molecule has 0 fully saturated rings. The molecule has 0 aromatic heterocycles. The fourth-order valence-electron chi connectivity index (χ4n) is 3.21. The highest BCUT2D eigenvalue weighted by atomic mass is 28.4. The molecule has 2 rings (SSSR count). The molecular formula is C16H24O2Si. The molecular weight excluding hydrogens is 252 g/mol. The zero-order valence-corrected chi connectivity index (χ0v) is 13.5. The van der Waals surface area contributed by atoms with Crippen LogP contribution in [0.1, 0.15) is 39.5 Å². The molecule has 0 aliphatic heterocycles. The molecule has 0 radical (unpaired) electrons. The molecule has 104 valence electrons. The van der Waals surface area contributed by atoms with Gasteiger partial charge < -0.3 is 8.85 Å². The van der Waals surface area contributed by atoms with Crippen LogP contribution in [0, 0.1) is 0 Å². The Morgan fingerprint density at radius 1 is 0.895 bits per heavy atom. The number of hydrogen-bond donors (Lipinski definition) is 0. The normalized spacial score (nSPS) is 19.2. The smallest absolute Gasteiger partial charge is 0.391 e. The highest BCUT2D eigenvalue weighted by Crippen LogP contribution is 2.40. The molecule has 3 heteroatoms. The SMILES string of the molecule is CCC1=C([Si](OC)(OC)C2=C(CC)C=CC2)CC=C1. The monoisotopic (exact) mass is 276 g/mol. The van der Waals surface area contributed by atoms with Crippen LogP contribution in [-0.4, -0.2) is 22.8 Å². The van der Waals surface area contributed by atoms with E-state index in [4.69, 9.17) is 8.85 Å². The average molecular weight is 276 g/mol. The molecule has 0 saturated carbocycles. The van der Waals surface area contributed by atoms with Gasteiger partial charge in [-0.15, -0.1) is 0 Å². The summed E-state index contributed by atoms with van der Waals surface area (Å²) in [5, 5.41) is 2.81. The van der Waals surface area contributed by atoms with Gasteiger partial charge in [0.05, 0.1) is 0 Å². The van der Waals surface area contributed by atoms with Gasteiger partial charge in [-0.2, -0.15) is 0 Å². The second-order valence-corrected chi connectivity index (χ2v) is 8.21. The first-order chi connectivity index (χ1) is 9.23. The Bertz CT molecular complexity index is 425. The summed E-state index contributed by atoms with van der Waals surface area (Å²) in [5.74, 6) is 0. The zero-order chi connectivity index (χ0) is 13.9. The molecule has 0 heterocycles. The summed E-state index contributed by atoms with van der Waals surface area (Å²) >= 11 is 0. The van der Waals surface area contributed by atoms with E-state index >= 15 is 0 Å². The van der Waals surface area contributed by atoms with Crippen molar-refractivity contribution in [2.24, 2.45) is 0 Å². The van der Waals surface area contributed by atoms with E-state index in [-0.39, 0.29) is 0 Å². The van der Waals surface area contributed by atoms with Gasteiger partial charge in [0, 0.05) is 14.2 Å². The topological polar surface area (TPSA) is 18.5 Å². The van der Waals surface area contributed by atoms with Crippen LogP contribution in [0.5, 0.6) is 0 Å². The van der Waals surface area contributed by atoms with Crippen LogP contribution in [0.3, 0.4) is 0 Å². The van der Waals surface area contributed by atoms with Gasteiger partial charge in [-0.05, 0) is 47.2 Å². The molecule has 0 N–H and O–H groups in total. The predicted octanol–water partition coefficient (Wildman–Crippen LogP) is 4.13. The summed E-state index contributed by atoms with van der Waals surface area (Å²) in [6.07, 6.45) is 13.0. The maximum atomic E-state index is 6.04. The van der Waals surface area contributed by atoms with Crippen LogP contribution in [0.4, 0.5) is 0 Å². The van der Waals surface area contributed by atoms with Gasteiger partial charge in [0.1, 0.15) is 0 Å². The fraction of sp³-hybridized carbons (Fsp3) is 0.500. The molecule has 2 aliphatic carbocycles. The first-order valence-corrected chi connectivity index (χ1v) is 8.93. The van der Waals surface area contributed by atoms with Crippen molar-refractivity contribution in [1.29, 1.82) is 0 Å². The Balaban J connectivity index is 2.51. The summed E-state index contributed by atoms with van der Waals surface area (Å²) in [5.41, 5.74) is 2.82. The second kappa shape index (κ2) is 6.03. The number of rotatable bonds is 6.